The fourth-order valence-electron chi connectivity index (χ4n) is 1.86. The van der Waals surface area contributed by atoms with E-state index >= 15 is 0 Å². The predicted molar refractivity (Wildman–Crippen MR) is 95.1 cm³/mol. The van der Waals surface area contributed by atoms with E-state index in [4.69, 9.17) is 16.3 Å². The summed E-state index contributed by atoms with van der Waals surface area (Å²) < 4.78 is 6.04. The Kier molecular flexibility index (Phi) is 6.47. The van der Waals surface area contributed by atoms with Crippen molar-refractivity contribution in [3.63, 3.8) is 0 Å². The van der Waals surface area contributed by atoms with Gasteiger partial charge >= 0.3 is 0 Å². The Balaban J connectivity index is 2.18. The molecule has 1 heterocycles. The number of halogens is 2. The van der Waals surface area contributed by atoms with Crippen molar-refractivity contribution in [2.45, 2.75) is 6.54 Å². The van der Waals surface area contributed by atoms with Crippen LogP contribution in [0.15, 0.2) is 35.7 Å². The standard InChI is InChI=1S/C15H15ClINO2S/c1-20-7-6-18(10-12-3-2-8-21-12)15(19)11-4-5-14(17)13(16)9-11/h2-5,8-9H,6-7,10H2,1H3. The highest BCUT2D eigenvalue weighted by atomic mass is 127. The SMILES string of the molecule is COCCN(Cc1cccs1)C(=O)c1ccc(I)c(Cl)c1. The van der Waals surface area contributed by atoms with E-state index in [1.165, 1.54) is 0 Å². The van der Waals surface area contributed by atoms with E-state index < -0.39 is 0 Å². The van der Waals surface area contributed by atoms with Crippen molar-refractivity contribution in [1.29, 1.82) is 0 Å². The summed E-state index contributed by atoms with van der Waals surface area (Å²) in [6.07, 6.45) is 0. The van der Waals surface area contributed by atoms with Crippen molar-refractivity contribution < 1.29 is 9.53 Å². The number of benzene rings is 1. The zero-order chi connectivity index (χ0) is 15.2. The first-order chi connectivity index (χ1) is 10.1. The van der Waals surface area contributed by atoms with Gasteiger partial charge in [-0.2, -0.15) is 0 Å². The number of ether oxygens (including phenoxy) is 1. The van der Waals surface area contributed by atoms with Crippen molar-refractivity contribution in [2.75, 3.05) is 20.3 Å². The molecule has 112 valence electrons. The predicted octanol–water partition coefficient (Wildman–Crippen LogP) is 4.29. The summed E-state index contributed by atoms with van der Waals surface area (Å²) >= 11 is 9.90. The maximum atomic E-state index is 12.7. The van der Waals surface area contributed by atoms with Gasteiger partial charge in [-0.25, -0.2) is 0 Å². The molecule has 0 unspecified atom stereocenters. The second-order valence-corrected chi connectivity index (χ2v) is 7.03. The van der Waals surface area contributed by atoms with E-state index in [0.717, 1.165) is 8.45 Å². The van der Waals surface area contributed by atoms with Crippen LogP contribution in [0.3, 0.4) is 0 Å². The lowest BCUT2D eigenvalue weighted by Gasteiger charge is -2.22. The summed E-state index contributed by atoms with van der Waals surface area (Å²) in [7, 11) is 1.63. The lowest BCUT2D eigenvalue weighted by atomic mass is 10.2. The first-order valence-corrected chi connectivity index (χ1v) is 8.71. The molecule has 0 saturated carbocycles. The highest BCUT2D eigenvalue weighted by Gasteiger charge is 2.17. The third kappa shape index (κ3) is 4.67. The monoisotopic (exact) mass is 435 g/mol. The van der Waals surface area contributed by atoms with Crippen LogP contribution >= 0.6 is 45.5 Å². The van der Waals surface area contributed by atoms with Gasteiger partial charge in [0.25, 0.3) is 5.91 Å². The van der Waals surface area contributed by atoms with Gasteiger partial charge in [-0.15, -0.1) is 11.3 Å². The molecule has 0 fully saturated rings. The minimum absolute atomic E-state index is 0.0289. The van der Waals surface area contributed by atoms with Gasteiger partial charge in [0.1, 0.15) is 0 Å². The van der Waals surface area contributed by atoms with Gasteiger partial charge < -0.3 is 9.64 Å². The van der Waals surface area contributed by atoms with Crippen LogP contribution in [0.5, 0.6) is 0 Å². The zero-order valence-electron chi connectivity index (χ0n) is 11.5. The van der Waals surface area contributed by atoms with Crippen LogP contribution in [-0.2, 0) is 11.3 Å². The van der Waals surface area contributed by atoms with E-state index in [0.29, 0.717) is 30.3 Å². The Labute approximate surface area is 147 Å². The molecule has 0 aliphatic carbocycles. The second kappa shape index (κ2) is 8.12. The van der Waals surface area contributed by atoms with Crippen LogP contribution in [0.1, 0.15) is 15.2 Å². The van der Waals surface area contributed by atoms with E-state index in [1.54, 1.807) is 29.4 Å². The number of carbonyl (C=O) groups excluding carboxylic acids is 1. The van der Waals surface area contributed by atoms with Gasteiger partial charge in [0.15, 0.2) is 0 Å². The molecule has 2 aromatic rings. The van der Waals surface area contributed by atoms with Crippen LogP contribution in [0, 0.1) is 3.57 Å². The Hall–Kier alpha value is -0.630. The van der Waals surface area contributed by atoms with Crippen molar-refractivity contribution in [3.8, 4) is 0 Å². The summed E-state index contributed by atoms with van der Waals surface area (Å²) in [5.74, 6) is -0.0289. The Morgan fingerprint density at radius 2 is 2.24 bits per heavy atom. The topological polar surface area (TPSA) is 29.5 Å². The highest BCUT2D eigenvalue weighted by molar-refractivity contribution is 14.1. The first-order valence-electron chi connectivity index (χ1n) is 6.37. The molecule has 21 heavy (non-hydrogen) atoms. The van der Waals surface area contributed by atoms with Gasteiger partial charge in [0.05, 0.1) is 18.2 Å². The lowest BCUT2D eigenvalue weighted by molar-refractivity contribution is 0.0682. The van der Waals surface area contributed by atoms with Gasteiger partial charge in [0.2, 0.25) is 0 Å². The number of rotatable bonds is 6. The maximum absolute atomic E-state index is 12.7. The van der Waals surface area contributed by atoms with Gasteiger partial charge in [0, 0.05) is 27.7 Å². The minimum atomic E-state index is -0.0289. The van der Waals surface area contributed by atoms with Crippen molar-refractivity contribution in [3.05, 3.63) is 54.7 Å². The van der Waals surface area contributed by atoms with Crippen LogP contribution in [-0.4, -0.2) is 31.1 Å². The Bertz CT molecular complexity index is 604. The molecule has 0 spiro atoms. The molecule has 0 N–H and O–H groups in total. The third-order valence-electron chi connectivity index (χ3n) is 2.95. The van der Waals surface area contributed by atoms with Gasteiger partial charge in [-0.1, -0.05) is 17.7 Å². The van der Waals surface area contributed by atoms with Crippen LogP contribution in [0.4, 0.5) is 0 Å². The summed E-state index contributed by atoms with van der Waals surface area (Å²) in [6, 6.07) is 9.40. The lowest BCUT2D eigenvalue weighted by Crippen LogP contribution is -2.33. The number of hydrogen-bond acceptors (Lipinski definition) is 3. The van der Waals surface area contributed by atoms with Gasteiger partial charge in [-0.3, -0.25) is 4.79 Å². The van der Waals surface area contributed by atoms with Crippen LogP contribution in [0.2, 0.25) is 5.02 Å². The summed E-state index contributed by atoms with van der Waals surface area (Å²) in [6.45, 7) is 1.65. The number of amides is 1. The number of nitrogens with zero attached hydrogens (tertiary/aromatic N) is 1. The highest BCUT2D eigenvalue weighted by Crippen LogP contribution is 2.21. The van der Waals surface area contributed by atoms with Gasteiger partial charge in [-0.05, 0) is 52.2 Å². The average Bonchev–Trinajstić information content (AvgIpc) is 2.98. The molecule has 0 saturated heterocycles. The largest absolute Gasteiger partial charge is 0.383 e. The second-order valence-electron chi connectivity index (χ2n) is 4.43. The molecule has 0 radical (unpaired) electrons. The normalized spacial score (nSPS) is 10.6. The number of methoxy groups -OCH3 is 1. The van der Waals surface area contributed by atoms with Crippen molar-refractivity contribution in [1.82, 2.24) is 4.90 Å². The first kappa shape index (κ1) is 16.7. The van der Waals surface area contributed by atoms with Crippen LogP contribution in [0.25, 0.3) is 0 Å². The van der Waals surface area contributed by atoms with E-state index in [-0.39, 0.29) is 5.91 Å². The zero-order valence-corrected chi connectivity index (χ0v) is 15.2. The summed E-state index contributed by atoms with van der Waals surface area (Å²) in [5, 5.41) is 2.61. The molecule has 1 amide bonds. The molecule has 0 aliphatic heterocycles. The Morgan fingerprint density at radius 1 is 1.43 bits per heavy atom. The smallest absolute Gasteiger partial charge is 0.254 e. The molecule has 6 heteroatoms. The third-order valence-corrected chi connectivity index (χ3v) is 5.38. The molecular formula is C15H15ClINO2S. The van der Waals surface area contributed by atoms with E-state index in [2.05, 4.69) is 22.6 Å². The number of thiophene rings is 1. The fourth-order valence-corrected chi connectivity index (χ4v) is 3.09. The molecule has 1 aromatic heterocycles. The molecule has 2 rings (SSSR count). The van der Waals surface area contributed by atoms with E-state index in [9.17, 15) is 4.79 Å². The summed E-state index contributed by atoms with van der Waals surface area (Å²) in [5.41, 5.74) is 0.605. The quantitative estimate of drug-likeness (QED) is 0.633. The number of hydrogen-bond donors (Lipinski definition) is 0. The van der Waals surface area contributed by atoms with E-state index in [1.807, 2.05) is 29.6 Å². The van der Waals surface area contributed by atoms with Crippen LogP contribution < -0.4 is 0 Å². The molecule has 3 nitrogen and oxygen atoms in total. The molecular weight excluding hydrogens is 421 g/mol. The minimum Gasteiger partial charge on any atom is -0.383 e. The Morgan fingerprint density at radius 3 is 2.86 bits per heavy atom. The van der Waals surface area contributed by atoms with Crippen molar-refractivity contribution >= 4 is 51.4 Å². The number of carbonyl (C=O) groups is 1. The van der Waals surface area contributed by atoms with Crippen molar-refractivity contribution in [2.24, 2.45) is 0 Å². The molecule has 1 aromatic carbocycles. The maximum Gasteiger partial charge on any atom is 0.254 e. The average molecular weight is 436 g/mol. The molecule has 0 bridgehead atoms. The molecule has 0 aliphatic rings. The summed E-state index contributed by atoms with van der Waals surface area (Å²) in [4.78, 5) is 15.6. The fraction of sp³-hybridized carbons (Fsp3) is 0.267. The molecule has 0 atom stereocenters.